The first-order valence-corrected chi connectivity index (χ1v) is 5.62. The fourth-order valence-corrected chi connectivity index (χ4v) is 1.40. The van der Waals surface area contributed by atoms with Crippen LogP contribution in [-0.4, -0.2) is 17.9 Å². The maximum Gasteiger partial charge on any atom is 0.254 e. The highest BCUT2D eigenvalue weighted by atomic mass is 16.2. The first-order chi connectivity index (χ1) is 7.29. The van der Waals surface area contributed by atoms with Crippen LogP contribution in [0.15, 0.2) is 24.3 Å². The van der Waals surface area contributed by atoms with E-state index in [2.05, 4.69) is 27.7 Å². The number of carbonyl (C=O) groups is 1. The molecule has 0 fully saturated rings. The van der Waals surface area contributed by atoms with Gasteiger partial charge in [-0.05, 0) is 17.0 Å². The van der Waals surface area contributed by atoms with Crippen molar-refractivity contribution in [1.29, 1.82) is 0 Å². The van der Waals surface area contributed by atoms with Crippen molar-refractivity contribution in [2.24, 2.45) is 5.41 Å². The monoisotopic (exact) mass is 219 g/mol. The lowest BCUT2D eigenvalue weighted by molar-refractivity contribution is 0.0816. The molecule has 0 bridgehead atoms. The Labute approximate surface area is 98.3 Å². The van der Waals surface area contributed by atoms with E-state index >= 15 is 0 Å². The van der Waals surface area contributed by atoms with Gasteiger partial charge in [0.15, 0.2) is 0 Å². The summed E-state index contributed by atoms with van der Waals surface area (Å²) in [6, 6.07) is 7.74. The Morgan fingerprint density at radius 2 is 1.62 bits per heavy atom. The van der Waals surface area contributed by atoms with Crippen LogP contribution in [0, 0.1) is 5.41 Å². The molecule has 1 amide bonds. The van der Waals surface area contributed by atoms with Crippen molar-refractivity contribution in [3.05, 3.63) is 35.4 Å². The van der Waals surface area contributed by atoms with Crippen LogP contribution in [0.4, 0.5) is 0 Å². The molecule has 2 rings (SSSR count). The van der Waals surface area contributed by atoms with Crippen LogP contribution >= 0.6 is 0 Å². The molecule has 16 heavy (non-hydrogen) atoms. The molecule has 2 heteroatoms. The van der Waals surface area contributed by atoms with Crippen molar-refractivity contribution in [3.8, 4) is 0 Å². The number of hydrogen-bond donors (Lipinski definition) is 0. The van der Waals surface area contributed by atoms with Crippen LogP contribution in [-0.2, 0) is 6.54 Å². The van der Waals surface area contributed by atoms with Gasteiger partial charge in [0, 0.05) is 19.2 Å². The fraction of sp³-hybridized carbons (Fsp3) is 0.500. The van der Waals surface area contributed by atoms with Gasteiger partial charge >= 0.3 is 0 Å². The average molecular weight is 219 g/mol. The zero-order chi connectivity index (χ0) is 12.3. The van der Waals surface area contributed by atoms with Crippen LogP contribution in [0.2, 0.25) is 0 Å². The van der Waals surface area contributed by atoms with E-state index in [-0.39, 0.29) is 5.91 Å². The van der Waals surface area contributed by atoms with Crippen LogP contribution in [0.25, 0.3) is 0 Å². The Hall–Kier alpha value is -1.31. The van der Waals surface area contributed by atoms with E-state index < -0.39 is 0 Å². The Balaban J connectivity index is 0.000000221. The number of hydrogen-bond acceptors (Lipinski definition) is 1. The minimum atomic E-state index is 0.139. The lowest BCUT2D eigenvalue weighted by Crippen LogP contribution is -2.17. The first kappa shape index (κ1) is 12.8. The summed E-state index contributed by atoms with van der Waals surface area (Å²) < 4.78 is 0. The molecule has 0 saturated heterocycles. The molecule has 1 aromatic carbocycles. The van der Waals surface area contributed by atoms with E-state index in [0.29, 0.717) is 5.41 Å². The van der Waals surface area contributed by atoms with Gasteiger partial charge in [-0.15, -0.1) is 0 Å². The number of amides is 1. The highest BCUT2D eigenvalue weighted by Gasteiger charge is 2.22. The van der Waals surface area contributed by atoms with E-state index in [9.17, 15) is 4.79 Å². The SMILES string of the molecule is CC(C)(C)C.CN1Cc2ccccc2C1=O. The second-order valence-electron chi connectivity index (χ2n) is 5.82. The molecule has 0 atom stereocenters. The zero-order valence-electron chi connectivity index (χ0n) is 10.9. The summed E-state index contributed by atoms with van der Waals surface area (Å²) in [4.78, 5) is 13.0. The van der Waals surface area contributed by atoms with Crippen molar-refractivity contribution in [2.75, 3.05) is 7.05 Å². The Morgan fingerprint density at radius 3 is 2.12 bits per heavy atom. The molecule has 0 saturated carbocycles. The number of fused-ring (bicyclic) bond motifs is 1. The van der Waals surface area contributed by atoms with Crippen molar-refractivity contribution in [2.45, 2.75) is 34.2 Å². The zero-order valence-corrected chi connectivity index (χ0v) is 10.9. The van der Waals surface area contributed by atoms with Gasteiger partial charge in [0.25, 0.3) is 5.91 Å². The van der Waals surface area contributed by atoms with E-state index in [1.54, 1.807) is 4.90 Å². The normalized spacial score (nSPS) is 14.3. The summed E-state index contributed by atoms with van der Waals surface area (Å²) in [6.07, 6.45) is 0. The van der Waals surface area contributed by atoms with Gasteiger partial charge in [-0.25, -0.2) is 0 Å². The molecule has 0 radical (unpaired) electrons. The lowest BCUT2D eigenvalue weighted by atomic mass is 10.0. The molecular weight excluding hydrogens is 198 g/mol. The number of rotatable bonds is 0. The van der Waals surface area contributed by atoms with Crippen LogP contribution in [0.3, 0.4) is 0 Å². The lowest BCUT2D eigenvalue weighted by Gasteiger charge is -2.05. The van der Waals surface area contributed by atoms with Crippen molar-refractivity contribution in [1.82, 2.24) is 4.90 Å². The van der Waals surface area contributed by atoms with Gasteiger partial charge < -0.3 is 4.90 Å². The van der Waals surface area contributed by atoms with Crippen LogP contribution < -0.4 is 0 Å². The molecule has 0 spiro atoms. The number of benzene rings is 1. The Morgan fingerprint density at radius 1 is 1.12 bits per heavy atom. The van der Waals surface area contributed by atoms with Crippen molar-refractivity contribution >= 4 is 5.91 Å². The molecule has 1 aliphatic rings. The maximum atomic E-state index is 11.3. The minimum Gasteiger partial charge on any atom is -0.337 e. The summed E-state index contributed by atoms with van der Waals surface area (Å²) in [5.74, 6) is 0.139. The molecule has 1 aliphatic heterocycles. The molecule has 88 valence electrons. The Bertz CT molecular complexity index is 371. The van der Waals surface area contributed by atoms with Gasteiger partial charge in [0.1, 0.15) is 0 Å². The topological polar surface area (TPSA) is 20.3 Å². The van der Waals surface area contributed by atoms with E-state index in [0.717, 1.165) is 17.7 Å². The third kappa shape index (κ3) is 3.69. The summed E-state index contributed by atoms with van der Waals surface area (Å²) in [5.41, 5.74) is 2.50. The number of carbonyl (C=O) groups excluding carboxylic acids is 1. The van der Waals surface area contributed by atoms with E-state index in [4.69, 9.17) is 0 Å². The highest BCUT2D eigenvalue weighted by molar-refractivity contribution is 5.98. The predicted molar refractivity (Wildman–Crippen MR) is 67.4 cm³/mol. The molecular formula is C14H21NO. The van der Waals surface area contributed by atoms with Crippen molar-refractivity contribution in [3.63, 3.8) is 0 Å². The van der Waals surface area contributed by atoms with E-state index in [1.807, 2.05) is 31.3 Å². The predicted octanol–water partition coefficient (Wildman–Crippen LogP) is 3.32. The van der Waals surface area contributed by atoms with Gasteiger partial charge in [0.2, 0.25) is 0 Å². The average Bonchev–Trinajstić information content (AvgIpc) is 2.41. The molecule has 0 aromatic heterocycles. The molecule has 1 heterocycles. The fourth-order valence-electron chi connectivity index (χ4n) is 1.40. The quantitative estimate of drug-likeness (QED) is 0.655. The largest absolute Gasteiger partial charge is 0.337 e. The summed E-state index contributed by atoms with van der Waals surface area (Å²) in [7, 11) is 1.82. The summed E-state index contributed by atoms with van der Waals surface area (Å²) in [6.45, 7) is 9.51. The molecule has 0 unspecified atom stereocenters. The third-order valence-electron chi connectivity index (χ3n) is 2.00. The third-order valence-corrected chi connectivity index (χ3v) is 2.00. The standard InChI is InChI=1S/C9H9NO.C5H12/c1-10-6-7-4-2-3-5-8(7)9(10)11;1-5(2,3)4/h2-5H,6H2,1H3;1-4H3. The van der Waals surface area contributed by atoms with Gasteiger partial charge in [-0.1, -0.05) is 45.9 Å². The molecule has 0 N–H and O–H groups in total. The van der Waals surface area contributed by atoms with Crippen molar-refractivity contribution < 1.29 is 4.79 Å². The maximum absolute atomic E-state index is 11.3. The Kier molecular flexibility index (Phi) is 3.74. The van der Waals surface area contributed by atoms with Gasteiger partial charge in [-0.3, -0.25) is 4.79 Å². The molecule has 1 aromatic rings. The smallest absolute Gasteiger partial charge is 0.254 e. The van der Waals surface area contributed by atoms with Crippen LogP contribution in [0.5, 0.6) is 0 Å². The minimum absolute atomic E-state index is 0.139. The number of nitrogens with zero attached hydrogens (tertiary/aromatic N) is 1. The first-order valence-electron chi connectivity index (χ1n) is 5.62. The highest BCUT2D eigenvalue weighted by Crippen LogP contribution is 2.19. The van der Waals surface area contributed by atoms with Gasteiger partial charge in [-0.2, -0.15) is 0 Å². The molecule has 0 aliphatic carbocycles. The van der Waals surface area contributed by atoms with Crippen LogP contribution in [0.1, 0.15) is 43.6 Å². The summed E-state index contributed by atoms with van der Waals surface area (Å²) >= 11 is 0. The van der Waals surface area contributed by atoms with E-state index in [1.165, 1.54) is 0 Å². The second kappa shape index (κ2) is 4.69. The summed E-state index contributed by atoms with van der Waals surface area (Å²) in [5, 5.41) is 0. The second-order valence-corrected chi connectivity index (χ2v) is 5.82. The molecule has 2 nitrogen and oxygen atoms in total. The van der Waals surface area contributed by atoms with Gasteiger partial charge in [0.05, 0.1) is 0 Å².